The van der Waals surface area contributed by atoms with Gasteiger partial charge >= 0.3 is 5.97 Å². The first-order valence-electron chi connectivity index (χ1n) is 4.85. The number of hydrogen-bond donors (Lipinski definition) is 2. The van der Waals surface area contributed by atoms with E-state index in [0.717, 1.165) is 0 Å². The Morgan fingerprint density at radius 2 is 2.50 bits per heavy atom. The summed E-state index contributed by atoms with van der Waals surface area (Å²) in [5.41, 5.74) is 5.76. The molecule has 1 amide bonds. The molecule has 0 saturated carbocycles. The van der Waals surface area contributed by atoms with Crippen molar-refractivity contribution in [1.82, 2.24) is 4.90 Å². The fourth-order valence-electron chi connectivity index (χ4n) is 1.53. The summed E-state index contributed by atoms with van der Waals surface area (Å²) in [5.74, 6) is -0.477. The van der Waals surface area contributed by atoms with E-state index in [1.54, 1.807) is 0 Å². The maximum absolute atomic E-state index is 11.3. The molecular formula is C9H12N2O3S2. The molecule has 1 saturated heterocycles. The Labute approximate surface area is 101 Å². The summed E-state index contributed by atoms with van der Waals surface area (Å²) < 4.78 is 0.709. The number of carbonyl (C=O) groups excluding carboxylic acids is 1. The quantitative estimate of drug-likeness (QED) is 0.721. The van der Waals surface area contributed by atoms with Gasteiger partial charge in [-0.3, -0.25) is 9.69 Å². The lowest BCUT2D eigenvalue weighted by Crippen LogP contribution is -2.48. The Balaban J connectivity index is 2.15. The zero-order valence-corrected chi connectivity index (χ0v) is 10.3. The van der Waals surface area contributed by atoms with E-state index in [9.17, 15) is 9.59 Å². The second-order valence-corrected chi connectivity index (χ2v) is 6.25. The number of rotatable bonds is 4. The molecule has 3 N–H and O–H groups in total. The molecule has 2 rings (SSSR count). The first kappa shape index (κ1) is 11.8. The van der Waals surface area contributed by atoms with Crippen molar-refractivity contribution in [2.24, 2.45) is 5.73 Å². The van der Waals surface area contributed by atoms with Gasteiger partial charge in [-0.05, 0) is 6.92 Å². The summed E-state index contributed by atoms with van der Waals surface area (Å²) in [6.07, 6.45) is 0.434. The van der Waals surface area contributed by atoms with Gasteiger partial charge in [-0.2, -0.15) is 0 Å². The standard InChI is InChI=1S/C9H12N2O3S2/c1-4(10)3-15-9-7(8(13)14)11-5(12)2-6(11)16-9/h4,6H,2-3,10H2,1H3,(H,13,14)/t4?,6-/m0/s1. The number of nitrogens with zero attached hydrogens (tertiary/aromatic N) is 1. The number of thioether (sulfide) groups is 2. The Morgan fingerprint density at radius 3 is 3.00 bits per heavy atom. The van der Waals surface area contributed by atoms with Crippen molar-refractivity contribution in [1.29, 1.82) is 0 Å². The zero-order valence-electron chi connectivity index (χ0n) is 8.67. The van der Waals surface area contributed by atoms with Crippen molar-refractivity contribution < 1.29 is 14.7 Å². The molecule has 2 heterocycles. The van der Waals surface area contributed by atoms with Crippen LogP contribution in [0.15, 0.2) is 9.93 Å². The third-order valence-electron chi connectivity index (χ3n) is 2.26. The monoisotopic (exact) mass is 260 g/mol. The van der Waals surface area contributed by atoms with Crippen LogP contribution in [-0.2, 0) is 9.59 Å². The molecule has 0 bridgehead atoms. The van der Waals surface area contributed by atoms with Crippen LogP contribution >= 0.6 is 23.5 Å². The van der Waals surface area contributed by atoms with Gasteiger partial charge in [0.2, 0.25) is 5.91 Å². The summed E-state index contributed by atoms with van der Waals surface area (Å²) >= 11 is 2.87. The molecule has 88 valence electrons. The van der Waals surface area contributed by atoms with Gasteiger partial charge in [0.25, 0.3) is 0 Å². The van der Waals surface area contributed by atoms with E-state index in [4.69, 9.17) is 10.8 Å². The normalized spacial score (nSPS) is 25.5. The second-order valence-electron chi connectivity index (χ2n) is 3.77. The van der Waals surface area contributed by atoms with Gasteiger partial charge in [0.1, 0.15) is 0 Å². The van der Waals surface area contributed by atoms with Crippen molar-refractivity contribution >= 4 is 35.4 Å². The fourth-order valence-corrected chi connectivity index (χ4v) is 4.17. The van der Waals surface area contributed by atoms with E-state index in [-0.39, 0.29) is 23.0 Å². The number of carbonyl (C=O) groups is 2. The molecule has 0 aromatic heterocycles. The highest BCUT2D eigenvalue weighted by Crippen LogP contribution is 2.50. The van der Waals surface area contributed by atoms with E-state index >= 15 is 0 Å². The molecule has 0 spiro atoms. The predicted octanol–water partition coefficient (Wildman–Crippen LogP) is 0.626. The van der Waals surface area contributed by atoms with Gasteiger partial charge in [-0.25, -0.2) is 4.79 Å². The number of fused-ring (bicyclic) bond motifs is 1. The third-order valence-corrected chi connectivity index (χ3v) is 5.11. The second kappa shape index (κ2) is 4.31. The van der Waals surface area contributed by atoms with Crippen molar-refractivity contribution in [2.45, 2.75) is 24.8 Å². The van der Waals surface area contributed by atoms with Gasteiger partial charge in [-0.1, -0.05) is 11.8 Å². The van der Waals surface area contributed by atoms with Crippen molar-refractivity contribution in [3.8, 4) is 0 Å². The summed E-state index contributed by atoms with van der Waals surface area (Å²) in [6.45, 7) is 1.87. The Hall–Kier alpha value is -0.660. The van der Waals surface area contributed by atoms with Crippen LogP contribution < -0.4 is 5.73 Å². The largest absolute Gasteiger partial charge is 0.477 e. The Kier molecular flexibility index (Phi) is 3.18. The predicted molar refractivity (Wildman–Crippen MR) is 63.6 cm³/mol. The summed E-state index contributed by atoms with van der Waals surface area (Å²) in [6, 6.07) is 0.0112. The first-order valence-corrected chi connectivity index (χ1v) is 6.72. The van der Waals surface area contributed by atoms with Gasteiger partial charge in [0, 0.05) is 11.8 Å². The van der Waals surface area contributed by atoms with E-state index in [2.05, 4.69) is 0 Å². The average molecular weight is 260 g/mol. The Morgan fingerprint density at radius 1 is 1.81 bits per heavy atom. The number of amides is 1. The van der Waals surface area contributed by atoms with Gasteiger partial charge in [0.15, 0.2) is 5.70 Å². The molecule has 2 aliphatic rings. The highest BCUT2D eigenvalue weighted by molar-refractivity contribution is 8.22. The number of carboxylic acid groups (broad SMARTS) is 1. The zero-order chi connectivity index (χ0) is 11.9. The summed E-state index contributed by atoms with van der Waals surface area (Å²) in [4.78, 5) is 23.7. The molecule has 16 heavy (non-hydrogen) atoms. The molecule has 2 atom stereocenters. The van der Waals surface area contributed by atoms with Crippen LogP contribution in [0.25, 0.3) is 0 Å². The number of nitrogens with two attached hydrogens (primary N) is 1. The maximum Gasteiger partial charge on any atom is 0.354 e. The van der Waals surface area contributed by atoms with Crippen LogP contribution in [0.2, 0.25) is 0 Å². The van der Waals surface area contributed by atoms with Crippen LogP contribution in [-0.4, -0.2) is 39.1 Å². The molecule has 5 nitrogen and oxygen atoms in total. The number of β-lactam (4-membered cyclic amide) rings is 1. The molecule has 1 fully saturated rings. The highest BCUT2D eigenvalue weighted by atomic mass is 32.2. The summed E-state index contributed by atoms with van der Waals surface area (Å²) in [7, 11) is 0. The number of hydrogen-bond acceptors (Lipinski definition) is 5. The van der Waals surface area contributed by atoms with Crippen LogP contribution in [0, 0.1) is 0 Å². The van der Waals surface area contributed by atoms with Gasteiger partial charge in [-0.15, -0.1) is 11.8 Å². The minimum atomic E-state index is -1.03. The van der Waals surface area contributed by atoms with Crippen LogP contribution in [0.5, 0.6) is 0 Å². The van der Waals surface area contributed by atoms with E-state index in [0.29, 0.717) is 16.4 Å². The first-order chi connectivity index (χ1) is 7.50. The minimum absolute atomic E-state index is 0.00539. The molecule has 0 aliphatic carbocycles. The minimum Gasteiger partial charge on any atom is -0.477 e. The molecule has 2 aliphatic heterocycles. The van der Waals surface area contributed by atoms with Crippen LogP contribution in [0.4, 0.5) is 0 Å². The lowest BCUT2D eigenvalue weighted by molar-refractivity contribution is -0.145. The van der Waals surface area contributed by atoms with Crippen molar-refractivity contribution in [3.05, 3.63) is 9.93 Å². The SMILES string of the molecule is CC(N)CSC1=C(C(=O)O)N2C(=O)C[C@@H]2S1. The Bertz CT molecular complexity index is 381. The molecule has 0 aromatic rings. The maximum atomic E-state index is 11.3. The lowest BCUT2D eigenvalue weighted by Gasteiger charge is -2.33. The van der Waals surface area contributed by atoms with Gasteiger partial charge < -0.3 is 10.8 Å². The number of carboxylic acids is 1. The van der Waals surface area contributed by atoms with Crippen molar-refractivity contribution in [2.75, 3.05) is 5.75 Å². The highest BCUT2D eigenvalue weighted by Gasteiger charge is 2.48. The van der Waals surface area contributed by atoms with E-state index in [1.807, 2.05) is 6.92 Å². The molecule has 1 unspecified atom stereocenters. The van der Waals surface area contributed by atoms with Crippen LogP contribution in [0.3, 0.4) is 0 Å². The van der Waals surface area contributed by atoms with E-state index in [1.165, 1.54) is 28.4 Å². The van der Waals surface area contributed by atoms with Crippen LogP contribution in [0.1, 0.15) is 13.3 Å². The molecule has 0 radical (unpaired) electrons. The molecule has 7 heteroatoms. The van der Waals surface area contributed by atoms with Crippen molar-refractivity contribution in [3.63, 3.8) is 0 Å². The van der Waals surface area contributed by atoms with Gasteiger partial charge in [0.05, 0.1) is 16.0 Å². The smallest absolute Gasteiger partial charge is 0.354 e. The number of aliphatic carboxylic acids is 1. The lowest BCUT2D eigenvalue weighted by atomic mass is 10.2. The fraction of sp³-hybridized carbons (Fsp3) is 0.556. The van der Waals surface area contributed by atoms with E-state index < -0.39 is 5.97 Å². The molecule has 0 aromatic carbocycles. The average Bonchev–Trinajstić information content (AvgIpc) is 2.47. The molecular weight excluding hydrogens is 248 g/mol. The summed E-state index contributed by atoms with van der Waals surface area (Å²) in [5, 5.41) is 9.07. The third kappa shape index (κ3) is 1.94. The topological polar surface area (TPSA) is 83.6 Å².